The topological polar surface area (TPSA) is 60.7 Å². The van der Waals surface area contributed by atoms with E-state index in [4.69, 9.17) is 14.4 Å². The first-order valence-corrected chi connectivity index (χ1v) is 6.33. The normalized spacial score (nSPS) is 12.7. The third kappa shape index (κ3) is 9.84. The van der Waals surface area contributed by atoms with Gasteiger partial charge in [-0.1, -0.05) is 32.3 Å². The molecule has 0 unspecified atom stereocenters. The van der Waals surface area contributed by atoms with Crippen molar-refractivity contribution in [3.8, 4) is 0 Å². The van der Waals surface area contributed by atoms with E-state index >= 15 is 0 Å². The lowest BCUT2D eigenvalue weighted by Crippen LogP contribution is -2.31. The fourth-order valence-electron chi connectivity index (χ4n) is 0.930. The van der Waals surface area contributed by atoms with Crippen molar-refractivity contribution in [3.05, 3.63) is 11.8 Å². The van der Waals surface area contributed by atoms with Crippen LogP contribution in [0.5, 0.6) is 0 Å². The van der Waals surface area contributed by atoms with Crippen LogP contribution in [0.2, 0.25) is 0 Å². The van der Waals surface area contributed by atoms with Gasteiger partial charge in [-0.15, -0.1) is 0 Å². The first-order valence-electron chi connectivity index (χ1n) is 4.41. The van der Waals surface area contributed by atoms with E-state index in [2.05, 4.69) is 6.92 Å². The molecule has 3 N–H and O–H groups in total. The van der Waals surface area contributed by atoms with Gasteiger partial charge < -0.3 is 14.4 Å². The molecule has 0 atom stereocenters. The molecule has 0 spiro atoms. The number of rotatable bonds is 6. The van der Waals surface area contributed by atoms with E-state index in [0.29, 0.717) is 0 Å². The van der Waals surface area contributed by atoms with Crippen LogP contribution in [0.25, 0.3) is 0 Å². The minimum Gasteiger partial charge on any atom is -0.387 e. The molecule has 0 heterocycles. The molecule has 0 aliphatic rings. The van der Waals surface area contributed by atoms with Crippen molar-refractivity contribution in [2.75, 3.05) is 0 Å². The van der Waals surface area contributed by atoms with Crippen LogP contribution in [0.15, 0.2) is 11.8 Å². The van der Waals surface area contributed by atoms with Gasteiger partial charge in [-0.25, -0.2) is 0 Å². The quantitative estimate of drug-likeness (QED) is 0.432. The molecule has 4 heteroatoms. The Morgan fingerprint density at radius 2 is 1.75 bits per heavy atom. The van der Waals surface area contributed by atoms with Crippen molar-refractivity contribution in [1.29, 1.82) is 0 Å². The maximum absolute atomic E-state index is 8.58. The summed E-state index contributed by atoms with van der Waals surface area (Å²) < 4.78 is 0. The van der Waals surface area contributed by atoms with Gasteiger partial charge in [-0.05, 0) is 18.5 Å². The zero-order chi connectivity index (χ0) is 9.45. The smallest absolute Gasteiger partial charge is 0.387 e. The minimum atomic E-state index is -3.91. The third-order valence-electron chi connectivity index (χ3n) is 1.57. The lowest BCUT2D eigenvalue weighted by molar-refractivity contribution is 0.247. The monoisotopic (exact) mass is 190 g/mol. The van der Waals surface area contributed by atoms with Gasteiger partial charge in [0.05, 0.1) is 0 Å². The SMILES string of the molecule is CCCCCCC=C[Si](O)(O)O. The molecule has 0 aliphatic carbocycles. The van der Waals surface area contributed by atoms with E-state index in [1.54, 1.807) is 6.08 Å². The third-order valence-corrected chi connectivity index (χ3v) is 2.25. The van der Waals surface area contributed by atoms with Crippen molar-refractivity contribution in [2.45, 2.75) is 39.0 Å². The van der Waals surface area contributed by atoms with Crippen molar-refractivity contribution >= 4 is 8.80 Å². The second-order valence-electron chi connectivity index (χ2n) is 2.94. The molecule has 0 rings (SSSR count). The maximum atomic E-state index is 8.58. The number of hydrogen-bond acceptors (Lipinski definition) is 3. The van der Waals surface area contributed by atoms with Crippen LogP contribution in [-0.2, 0) is 0 Å². The predicted octanol–water partition coefficient (Wildman–Crippen LogP) is 0.968. The molecule has 0 amide bonds. The maximum Gasteiger partial charge on any atom is 0.521 e. The van der Waals surface area contributed by atoms with E-state index in [1.165, 1.54) is 12.8 Å². The molecular formula is C8H18O3Si. The molecule has 0 saturated heterocycles. The van der Waals surface area contributed by atoms with Crippen LogP contribution in [0.1, 0.15) is 39.0 Å². The fraction of sp³-hybridized carbons (Fsp3) is 0.750. The Bertz CT molecular complexity index is 129. The molecular weight excluding hydrogens is 172 g/mol. The summed E-state index contributed by atoms with van der Waals surface area (Å²) in [5, 5.41) is 0. The highest BCUT2D eigenvalue weighted by Gasteiger charge is 2.20. The molecule has 0 radical (unpaired) electrons. The Labute approximate surface area is 74.7 Å². The van der Waals surface area contributed by atoms with Gasteiger partial charge in [0.25, 0.3) is 0 Å². The average Bonchev–Trinajstić information content (AvgIpc) is 1.94. The summed E-state index contributed by atoms with van der Waals surface area (Å²) in [6.45, 7) is 2.14. The molecule has 0 fully saturated rings. The van der Waals surface area contributed by atoms with E-state index in [-0.39, 0.29) is 0 Å². The summed E-state index contributed by atoms with van der Waals surface area (Å²) in [5.41, 5.74) is 1.12. The number of hydrogen-bond donors (Lipinski definition) is 3. The van der Waals surface area contributed by atoms with Crippen molar-refractivity contribution < 1.29 is 14.4 Å². The van der Waals surface area contributed by atoms with Crippen LogP contribution in [0.4, 0.5) is 0 Å². The van der Waals surface area contributed by atoms with Crippen LogP contribution in [-0.4, -0.2) is 23.2 Å². The molecule has 0 aromatic heterocycles. The Hall–Kier alpha value is -0.163. The van der Waals surface area contributed by atoms with Gasteiger partial charge in [0.15, 0.2) is 0 Å². The highest BCUT2D eigenvalue weighted by molar-refractivity contribution is 6.61. The van der Waals surface area contributed by atoms with Crippen LogP contribution < -0.4 is 0 Å². The van der Waals surface area contributed by atoms with Gasteiger partial charge >= 0.3 is 8.80 Å². The van der Waals surface area contributed by atoms with Gasteiger partial charge in [-0.3, -0.25) is 0 Å². The molecule has 0 bridgehead atoms. The summed E-state index contributed by atoms with van der Waals surface area (Å²) in [7, 11) is -3.91. The van der Waals surface area contributed by atoms with Gasteiger partial charge in [0.1, 0.15) is 0 Å². The summed E-state index contributed by atoms with van der Waals surface area (Å²) in [6.07, 6.45) is 7.08. The van der Waals surface area contributed by atoms with Gasteiger partial charge in [-0.2, -0.15) is 0 Å². The molecule has 0 saturated carbocycles. The number of unbranched alkanes of at least 4 members (excludes halogenated alkanes) is 4. The summed E-state index contributed by atoms with van der Waals surface area (Å²) in [4.78, 5) is 25.8. The minimum absolute atomic E-state index is 0.816. The Kier molecular flexibility index (Phi) is 6.28. The first kappa shape index (κ1) is 11.8. The van der Waals surface area contributed by atoms with E-state index in [1.807, 2.05) is 0 Å². The van der Waals surface area contributed by atoms with Crippen LogP contribution >= 0.6 is 0 Å². The highest BCUT2D eigenvalue weighted by Crippen LogP contribution is 2.03. The van der Waals surface area contributed by atoms with Crippen molar-refractivity contribution in [3.63, 3.8) is 0 Å². The Morgan fingerprint density at radius 1 is 1.08 bits per heavy atom. The fourth-order valence-corrected chi connectivity index (χ4v) is 1.41. The lowest BCUT2D eigenvalue weighted by atomic mass is 10.2. The van der Waals surface area contributed by atoms with Crippen LogP contribution in [0, 0.1) is 0 Å². The van der Waals surface area contributed by atoms with E-state index in [0.717, 1.165) is 25.0 Å². The average molecular weight is 190 g/mol. The summed E-state index contributed by atoms with van der Waals surface area (Å²) >= 11 is 0. The Morgan fingerprint density at radius 3 is 2.25 bits per heavy atom. The second-order valence-corrected chi connectivity index (χ2v) is 4.65. The summed E-state index contributed by atoms with van der Waals surface area (Å²) in [5.74, 6) is 0. The standard InChI is InChI=1S/C8H18O3Si/c1-2-3-4-5-6-7-8-12(9,10)11/h7-11H,2-6H2,1H3. The largest absolute Gasteiger partial charge is 0.521 e. The predicted molar refractivity (Wildman–Crippen MR) is 50.3 cm³/mol. The molecule has 0 aromatic carbocycles. The van der Waals surface area contributed by atoms with Gasteiger partial charge in [0.2, 0.25) is 0 Å². The Balaban J connectivity index is 3.25. The zero-order valence-electron chi connectivity index (χ0n) is 7.53. The molecule has 72 valence electrons. The second kappa shape index (κ2) is 6.36. The van der Waals surface area contributed by atoms with Crippen LogP contribution in [0.3, 0.4) is 0 Å². The molecule has 0 aliphatic heterocycles. The molecule has 3 nitrogen and oxygen atoms in total. The van der Waals surface area contributed by atoms with Gasteiger partial charge in [0, 0.05) is 0 Å². The molecule has 0 aromatic rings. The lowest BCUT2D eigenvalue weighted by Gasteiger charge is -2.01. The summed E-state index contributed by atoms with van der Waals surface area (Å²) in [6, 6.07) is 0. The van der Waals surface area contributed by atoms with Crippen molar-refractivity contribution in [1.82, 2.24) is 0 Å². The highest BCUT2D eigenvalue weighted by atomic mass is 28.4. The van der Waals surface area contributed by atoms with Crippen molar-refractivity contribution in [2.24, 2.45) is 0 Å². The first-order chi connectivity index (χ1) is 5.56. The zero-order valence-corrected chi connectivity index (χ0v) is 8.53. The van der Waals surface area contributed by atoms with E-state index in [9.17, 15) is 0 Å². The number of allylic oxidation sites excluding steroid dienone is 1. The molecule has 12 heavy (non-hydrogen) atoms. The van der Waals surface area contributed by atoms with E-state index < -0.39 is 8.80 Å².